The molecule has 152 valence electrons. The molecule has 28 heavy (non-hydrogen) atoms. The van der Waals surface area contributed by atoms with Crippen molar-refractivity contribution in [2.24, 2.45) is 5.92 Å². The smallest absolute Gasteiger partial charge is 0.223 e. The summed E-state index contributed by atoms with van der Waals surface area (Å²) in [5.74, 6) is 1.23. The van der Waals surface area contributed by atoms with Crippen molar-refractivity contribution in [3.63, 3.8) is 0 Å². The van der Waals surface area contributed by atoms with Crippen LogP contribution in [0.25, 0.3) is 0 Å². The predicted molar refractivity (Wildman–Crippen MR) is 113 cm³/mol. The summed E-state index contributed by atoms with van der Waals surface area (Å²) < 4.78 is 6.04. The van der Waals surface area contributed by atoms with Crippen LogP contribution in [0, 0.1) is 5.92 Å². The van der Waals surface area contributed by atoms with Crippen molar-refractivity contribution in [3.05, 3.63) is 46.4 Å². The number of rotatable bonds is 9. The summed E-state index contributed by atoms with van der Waals surface area (Å²) in [6.45, 7) is 4.21. The molecule has 1 aliphatic carbocycles. The van der Waals surface area contributed by atoms with Crippen LogP contribution in [0.1, 0.15) is 50.3 Å². The first kappa shape index (κ1) is 20.8. The largest absolute Gasteiger partial charge is 0.489 e. The summed E-state index contributed by atoms with van der Waals surface area (Å²) in [5.41, 5.74) is 4.17. The number of hydrogen-bond donors (Lipinski definition) is 1. The van der Waals surface area contributed by atoms with Gasteiger partial charge >= 0.3 is 0 Å². The molecule has 2 aromatic rings. The molecule has 1 amide bonds. The molecule has 3 rings (SSSR count). The Hall–Kier alpha value is -1.92. The van der Waals surface area contributed by atoms with Crippen LogP contribution in [0.5, 0.6) is 5.75 Å². The van der Waals surface area contributed by atoms with E-state index >= 15 is 0 Å². The highest BCUT2D eigenvalue weighted by Crippen LogP contribution is 2.23. The van der Waals surface area contributed by atoms with Crippen LogP contribution in [0.2, 0.25) is 0 Å². The summed E-state index contributed by atoms with van der Waals surface area (Å²) in [6.07, 6.45) is 5.60. The summed E-state index contributed by atoms with van der Waals surface area (Å²) in [7, 11) is 2.09. The Morgan fingerprint density at radius 3 is 2.89 bits per heavy atom. The lowest BCUT2D eigenvalue weighted by molar-refractivity contribution is -0.126. The molecule has 0 spiro atoms. The van der Waals surface area contributed by atoms with Crippen molar-refractivity contribution >= 4 is 17.2 Å². The van der Waals surface area contributed by atoms with E-state index in [2.05, 4.69) is 39.8 Å². The standard InChI is InChI=1S/C22H31N3O2S/c1-17(12-23-22(26)19-8-4-3-5-9-19)27-21-10-6-7-18(11-21)13-25(2)14-20-15-28-16-24-20/h6-7,10-11,15-17,19H,3-5,8-9,12-14H2,1-2H3,(H,23,26). The zero-order valence-electron chi connectivity index (χ0n) is 16.9. The molecule has 0 radical (unpaired) electrons. The van der Waals surface area contributed by atoms with Gasteiger partial charge in [0.15, 0.2) is 0 Å². The maximum Gasteiger partial charge on any atom is 0.223 e. The van der Waals surface area contributed by atoms with Gasteiger partial charge in [-0.2, -0.15) is 0 Å². The van der Waals surface area contributed by atoms with E-state index in [9.17, 15) is 4.79 Å². The second-order valence-electron chi connectivity index (χ2n) is 7.81. The van der Waals surface area contributed by atoms with E-state index in [-0.39, 0.29) is 17.9 Å². The van der Waals surface area contributed by atoms with Gasteiger partial charge in [-0.15, -0.1) is 11.3 Å². The van der Waals surface area contributed by atoms with Gasteiger partial charge in [0.25, 0.3) is 0 Å². The number of ether oxygens (including phenoxy) is 1. The molecule has 1 unspecified atom stereocenters. The molecule has 1 heterocycles. The average molecular weight is 402 g/mol. The Bertz CT molecular complexity index is 729. The molecule has 0 aliphatic heterocycles. The van der Waals surface area contributed by atoms with Crippen molar-refractivity contribution < 1.29 is 9.53 Å². The molecule has 0 bridgehead atoms. The van der Waals surface area contributed by atoms with Crippen molar-refractivity contribution in [1.82, 2.24) is 15.2 Å². The Kier molecular flexibility index (Phi) is 7.86. The number of amides is 1. The summed E-state index contributed by atoms with van der Waals surface area (Å²) in [6, 6.07) is 8.19. The molecule has 1 N–H and O–H groups in total. The zero-order valence-corrected chi connectivity index (χ0v) is 17.7. The lowest BCUT2D eigenvalue weighted by Crippen LogP contribution is -2.38. The molecular weight excluding hydrogens is 370 g/mol. The highest BCUT2D eigenvalue weighted by molar-refractivity contribution is 7.07. The van der Waals surface area contributed by atoms with Crippen molar-refractivity contribution in [3.8, 4) is 5.75 Å². The Morgan fingerprint density at radius 2 is 2.14 bits per heavy atom. The third-order valence-corrected chi connectivity index (χ3v) is 5.78. The summed E-state index contributed by atoms with van der Waals surface area (Å²) in [5, 5.41) is 5.15. The van der Waals surface area contributed by atoms with Gasteiger partial charge in [0, 0.05) is 24.4 Å². The Morgan fingerprint density at radius 1 is 1.32 bits per heavy atom. The molecule has 6 heteroatoms. The van der Waals surface area contributed by atoms with E-state index in [0.29, 0.717) is 6.54 Å². The first-order valence-electron chi connectivity index (χ1n) is 10.2. The van der Waals surface area contributed by atoms with Crippen molar-refractivity contribution in [2.45, 2.75) is 58.2 Å². The van der Waals surface area contributed by atoms with Crippen LogP contribution in [0.4, 0.5) is 0 Å². The van der Waals surface area contributed by atoms with Crippen molar-refractivity contribution in [1.29, 1.82) is 0 Å². The van der Waals surface area contributed by atoms with Crippen molar-refractivity contribution in [2.75, 3.05) is 13.6 Å². The number of nitrogens with zero attached hydrogens (tertiary/aromatic N) is 2. The Labute approximate surface area is 172 Å². The van der Waals surface area contributed by atoms with E-state index in [1.165, 1.54) is 24.8 Å². The van der Waals surface area contributed by atoms with Crippen LogP contribution in [-0.4, -0.2) is 35.5 Å². The van der Waals surface area contributed by atoms with Crippen LogP contribution < -0.4 is 10.1 Å². The van der Waals surface area contributed by atoms with Gasteiger partial charge in [-0.05, 0) is 44.5 Å². The van der Waals surface area contributed by atoms with Gasteiger partial charge in [-0.3, -0.25) is 9.69 Å². The van der Waals surface area contributed by atoms with Crippen LogP contribution in [0.3, 0.4) is 0 Å². The second-order valence-corrected chi connectivity index (χ2v) is 8.53. The first-order chi connectivity index (χ1) is 13.6. The quantitative estimate of drug-likeness (QED) is 0.683. The summed E-state index contributed by atoms with van der Waals surface area (Å²) in [4.78, 5) is 18.9. The van der Waals surface area contributed by atoms with Gasteiger partial charge in [0.2, 0.25) is 5.91 Å². The molecule has 0 saturated heterocycles. The minimum atomic E-state index is -0.0597. The van der Waals surface area contributed by atoms with E-state index in [1.807, 2.05) is 24.6 Å². The average Bonchev–Trinajstić information content (AvgIpc) is 3.20. The topological polar surface area (TPSA) is 54.5 Å². The maximum absolute atomic E-state index is 12.3. The van der Waals surface area contributed by atoms with E-state index < -0.39 is 0 Å². The van der Waals surface area contributed by atoms with Crippen LogP contribution in [0.15, 0.2) is 35.2 Å². The fourth-order valence-electron chi connectivity index (χ4n) is 3.70. The fraction of sp³-hybridized carbons (Fsp3) is 0.545. The Balaban J connectivity index is 1.44. The van der Waals surface area contributed by atoms with Gasteiger partial charge in [0.05, 0.1) is 17.7 Å². The number of carbonyl (C=O) groups is 1. The highest BCUT2D eigenvalue weighted by Gasteiger charge is 2.21. The zero-order chi connectivity index (χ0) is 19.8. The van der Waals surface area contributed by atoms with Gasteiger partial charge in [-0.25, -0.2) is 4.98 Å². The third kappa shape index (κ3) is 6.60. The number of aromatic nitrogens is 1. The molecule has 1 aromatic carbocycles. The molecule has 5 nitrogen and oxygen atoms in total. The third-order valence-electron chi connectivity index (χ3n) is 5.14. The van der Waals surface area contributed by atoms with Gasteiger partial charge < -0.3 is 10.1 Å². The van der Waals surface area contributed by atoms with E-state index in [4.69, 9.17) is 4.74 Å². The SMILES string of the molecule is CC(CNC(=O)C1CCCCC1)Oc1cccc(CN(C)Cc2cscn2)c1. The monoisotopic (exact) mass is 401 g/mol. The number of nitrogens with one attached hydrogen (secondary N) is 1. The second kappa shape index (κ2) is 10.6. The normalized spacial score (nSPS) is 16.1. The molecule has 1 aliphatic rings. The van der Waals surface area contributed by atoms with E-state index in [0.717, 1.165) is 37.4 Å². The molecule has 1 aromatic heterocycles. The lowest BCUT2D eigenvalue weighted by atomic mass is 9.89. The number of carbonyl (C=O) groups excluding carboxylic acids is 1. The summed E-state index contributed by atoms with van der Waals surface area (Å²) >= 11 is 1.62. The number of hydrogen-bond acceptors (Lipinski definition) is 5. The lowest BCUT2D eigenvalue weighted by Gasteiger charge is -2.22. The number of thiazole rings is 1. The van der Waals surface area contributed by atoms with Gasteiger partial charge in [0.1, 0.15) is 11.9 Å². The fourth-order valence-corrected chi connectivity index (χ4v) is 4.25. The number of benzene rings is 1. The maximum atomic E-state index is 12.3. The molecular formula is C22H31N3O2S. The highest BCUT2D eigenvalue weighted by atomic mass is 32.1. The van der Waals surface area contributed by atoms with Gasteiger partial charge in [-0.1, -0.05) is 31.4 Å². The van der Waals surface area contributed by atoms with Crippen LogP contribution >= 0.6 is 11.3 Å². The minimum Gasteiger partial charge on any atom is -0.489 e. The predicted octanol–water partition coefficient (Wildman–Crippen LogP) is 4.24. The minimum absolute atomic E-state index is 0.0597. The molecule has 1 fully saturated rings. The molecule has 1 saturated carbocycles. The molecule has 1 atom stereocenters. The van der Waals surface area contributed by atoms with E-state index in [1.54, 1.807) is 11.3 Å². The first-order valence-corrected chi connectivity index (χ1v) is 11.1. The van der Waals surface area contributed by atoms with Crippen LogP contribution in [-0.2, 0) is 17.9 Å².